The SMILES string of the molecule is CCCNCn1nnc2ccccc21. The predicted molar refractivity (Wildman–Crippen MR) is 55.8 cm³/mol. The summed E-state index contributed by atoms with van der Waals surface area (Å²) < 4.78 is 1.88. The monoisotopic (exact) mass is 190 g/mol. The molecule has 0 atom stereocenters. The van der Waals surface area contributed by atoms with Gasteiger partial charge < -0.3 is 0 Å². The largest absolute Gasteiger partial charge is 0.298 e. The van der Waals surface area contributed by atoms with Crippen molar-refractivity contribution in [1.82, 2.24) is 20.3 Å². The molecule has 1 heterocycles. The van der Waals surface area contributed by atoms with E-state index in [1.807, 2.05) is 28.9 Å². The summed E-state index contributed by atoms with van der Waals surface area (Å²) >= 11 is 0. The molecular formula is C10H14N4. The number of nitrogens with zero attached hydrogens (tertiary/aromatic N) is 3. The van der Waals surface area contributed by atoms with Crippen LogP contribution in [-0.4, -0.2) is 21.5 Å². The maximum Gasteiger partial charge on any atom is 0.113 e. The molecule has 1 aromatic carbocycles. The van der Waals surface area contributed by atoms with Gasteiger partial charge in [-0.2, -0.15) is 0 Å². The molecule has 0 fully saturated rings. The third kappa shape index (κ3) is 1.75. The van der Waals surface area contributed by atoms with Gasteiger partial charge in [0.25, 0.3) is 0 Å². The summed E-state index contributed by atoms with van der Waals surface area (Å²) in [6, 6.07) is 7.98. The van der Waals surface area contributed by atoms with Gasteiger partial charge in [0.15, 0.2) is 0 Å². The van der Waals surface area contributed by atoms with Crippen LogP contribution in [0.1, 0.15) is 13.3 Å². The third-order valence-corrected chi connectivity index (χ3v) is 2.11. The molecule has 0 spiro atoms. The Kier molecular flexibility index (Phi) is 2.74. The molecule has 2 rings (SSSR count). The number of hydrogen-bond acceptors (Lipinski definition) is 3. The van der Waals surface area contributed by atoms with Crippen LogP contribution in [0.4, 0.5) is 0 Å². The average Bonchev–Trinajstić information content (AvgIpc) is 2.63. The van der Waals surface area contributed by atoms with E-state index in [1.165, 1.54) is 0 Å². The second kappa shape index (κ2) is 4.19. The van der Waals surface area contributed by atoms with E-state index in [-0.39, 0.29) is 0 Å². The van der Waals surface area contributed by atoms with Crippen LogP contribution >= 0.6 is 0 Å². The highest BCUT2D eigenvalue weighted by molar-refractivity contribution is 5.73. The lowest BCUT2D eigenvalue weighted by atomic mass is 10.3. The van der Waals surface area contributed by atoms with E-state index in [0.717, 1.165) is 30.7 Å². The first kappa shape index (κ1) is 9.15. The molecular weight excluding hydrogens is 176 g/mol. The van der Waals surface area contributed by atoms with E-state index in [2.05, 4.69) is 22.6 Å². The molecule has 0 saturated carbocycles. The lowest BCUT2D eigenvalue weighted by Crippen LogP contribution is -2.19. The molecule has 2 aromatic rings. The minimum atomic E-state index is 0.731. The van der Waals surface area contributed by atoms with E-state index >= 15 is 0 Å². The molecule has 0 saturated heterocycles. The van der Waals surface area contributed by atoms with Gasteiger partial charge >= 0.3 is 0 Å². The Balaban J connectivity index is 2.17. The number of aromatic nitrogens is 3. The van der Waals surface area contributed by atoms with Crippen molar-refractivity contribution in [2.24, 2.45) is 0 Å². The van der Waals surface area contributed by atoms with Crippen molar-refractivity contribution in [3.05, 3.63) is 24.3 Å². The van der Waals surface area contributed by atoms with Crippen LogP contribution in [0.2, 0.25) is 0 Å². The van der Waals surface area contributed by atoms with Crippen LogP contribution in [0.3, 0.4) is 0 Å². The first-order valence-electron chi connectivity index (χ1n) is 4.91. The van der Waals surface area contributed by atoms with E-state index in [0.29, 0.717) is 0 Å². The zero-order chi connectivity index (χ0) is 9.80. The van der Waals surface area contributed by atoms with Crippen molar-refractivity contribution in [2.45, 2.75) is 20.0 Å². The second-order valence-corrected chi connectivity index (χ2v) is 3.24. The molecule has 0 amide bonds. The van der Waals surface area contributed by atoms with Crippen LogP contribution < -0.4 is 5.32 Å². The van der Waals surface area contributed by atoms with Crippen molar-refractivity contribution in [3.63, 3.8) is 0 Å². The molecule has 4 nitrogen and oxygen atoms in total. The number of rotatable bonds is 4. The zero-order valence-corrected chi connectivity index (χ0v) is 8.27. The number of hydrogen-bond donors (Lipinski definition) is 1. The highest BCUT2D eigenvalue weighted by Gasteiger charge is 2.00. The van der Waals surface area contributed by atoms with Gasteiger partial charge in [0.2, 0.25) is 0 Å². The third-order valence-electron chi connectivity index (χ3n) is 2.11. The quantitative estimate of drug-likeness (QED) is 0.741. The maximum atomic E-state index is 4.07. The number of nitrogens with one attached hydrogen (secondary N) is 1. The van der Waals surface area contributed by atoms with Crippen LogP contribution in [0.25, 0.3) is 11.0 Å². The molecule has 0 bridgehead atoms. The molecule has 0 aliphatic heterocycles. The van der Waals surface area contributed by atoms with Gasteiger partial charge in [0, 0.05) is 0 Å². The summed E-state index contributed by atoms with van der Waals surface area (Å²) in [5.41, 5.74) is 2.03. The van der Waals surface area contributed by atoms with E-state index in [4.69, 9.17) is 0 Å². The first-order valence-corrected chi connectivity index (χ1v) is 4.91. The van der Waals surface area contributed by atoms with Crippen molar-refractivity contribution >= 4 is 11.0 Å². The Bertz CT molecular complexity index is 407. The molecule has 0 aliphatic rings. The number of para-hydroxylation sites is 1. The molecule has 74 valence electrons. The molecule has 14 heavy (non-hydrogen) atoms. The van der Waals surface area contributed by atoms with E-state index in [1.54, 1.807) is 0 Å². The van der Waals surface area contributed by atoms with Crippen LogP contribution in [0.5, 0.6) is 0 Å². The molecule has 1 aromatic heterocycles. The smallest absolute Gasteiger partial charge is 0.113 e. The summed E-state index contributed by atoms with van der Waals surface area (Å²) in [5.74, 6) is 0. The first-order chi connectivity index (χ1) is 6.92. The molecule has 1 N–H and O–H groups in total. The second-order valence-electron chi connectivity index (χ2n) is 3.24. The van der Waals surface area contributed by atoms with Gasteiger partial charge in [-0.1, -0.05) is 24.3 Å². The summed E-state index contributed by atoms with van der Waals surface area (Å²) in [4.78, 5) is 0. The van der Waals surface area contributed by atoms with E-state index < -0.39 is 0 Å². The Morgan fingerprint density at radius 1 is 1.36 bits per heavy atom. The van der Waals surface area contributed by atoms with Gasteiger partial charge in [0.1, 0.15) is 5.52 Å². The van der Waals surface area contributed by atoms with Crippen molar-refractivity contribution in [1.29, 1.82) is 0 Å². The summed E-state index contributed by atoms with van der Waals surface area (Å²) in [6.45, 7) is 3.88. The van der Waals surface area contributed by atoms with Crippen molar-refractivity contribution < 1.29 is 0 Å². The summed E-state index contributed by atoms with van der Waals surface area (Å²) in [7, 11) is 0. The molecule has 0 aliphatic carbocycles. The lowest BCUT2D eigenvalue weighted by Gasteiger charge is -2.02. The minimum Gasteiger partial charge on any atom is -0.298 e. The van der Waals surface area contributed by atoms with Crippen molar-refractivity contribution in [2.75, 3.05) is 6.54 Å². The lowest BCUT2D eigenvalue weighted by molar-refractivity contribution is 0.510. The number of benzene rings is 1. The standard InChI is InChI=1S/C10H14N4/c1-2-7-11-8-14-10-6-4-3-5-9(10)12-13-14/h3-6,11H,2,7-8H2,1H3. The Morgan fingerprint density at radius 3 is 3.07 bits per heavy atom. The van der Waals surface area contributed by atoms with Crippen LogP contribution in [-0.2, 0) is 6.67 Å². The zero-order valence-electron chi connectivity index (χ0n) is 8.27. The normalized spacial score (nSPS) is 10.9. The minimum absolute atomic E-state index is 0.731. The summed E-state index contributed by atoms with van der Waals surface area (Å²) in [5, 5.41) is 11.4. The Morgan fingerprint density at radius 2 is 2.21 bits per heavy atom. The molecule has 0 radical (unpaired) electrons. The highest BCUT2D eigenvalue weighted by Crippen LogP contribution is 2.08. The fourth-order valence-electron chi connectivity index (χ4n) is 1.40. The Hall–Kier alpha value is -1.42. The molecule has 0 unspecified atom stereocenters. The number of fused-ring (bicyclic) bond motifs is 1. The fourth-order valence-corrected chi connectivity index (χ4v) is 1.40. The van der Waals surface area contributed by atoms with Gasteiger partial charge in [-0.3, -0.25) is 5.32 Å². The maximum absolute atomic E-state index is 4.07. The topological polar surface area (TPSA) is 42.7 Å². The van der Waals surface area contributed by atoms with Crippen LogP contribution in [0.15, 0.2) is 24.3 Å². The van der Waals surface area contributed by atoms with Crippen molar-refractivity contribution in [3.8, 4) is 0 Å². The van der Waals surface area contributed by atoms with E-state index in [9.17, 15) is 0 Å². The summed E-state index contributed by atoms with van der Waals surface area (Å²) in [6.07, 6.45) is 1.13. The van der Waals surface area contributed by atoms with Gasteiger partial charge in [-0.05, 0) is 25.1 Å². The highest BCUT2D eigenvalue weighted by atomic mass is 15.4. The van der Waals surface area contributed by atoms with Crippen LogP contribution in [0, 0.1) is 0 Å². The molecule has 4 heteroatoms. The van der Waals surface area contributed by atoms with Gasteiger partial charge in [0.05, 0.1) is 12.2 Å². The Labute approximate surface area is 82.9 Å². The van der Waals surface area contributed by atoms with Gasteiger partial charge in [-0.25, -0.2) is 4.68 Å². The van der Waals surface area contributed by atoms with Gasteiger partial charge in [-0.15, -0.1) is 5.10 Å². The predicted octanol–water partition coefficient (Wildman–Crippen LogP) is 1.39. The fraction of sp³-hybridized carbons (Fsp3) is 0.400. The average molecular weight is 190 g/mol.